The maximum absolute atomic E-state index is 5.33. The quantitative estimate of drug-likeness (QED) is 0.684. The lowest BCUT2D eigenvalue weighted by Crippen LogP contribution is -2.42. The van der Waals surface area contributed by atoms with E-state index >= 15 is 0 Å². The van der Waals surface area contributed by atoms with Gasteiger partial charge in [0.1, 0.15) is 0 Å². The monoisotopic (exact) mass is 251 g/mol. The molecule has 0 saturated heterocycles. The Morgan fingerprint density at radius 3 is 2.33 bits per heavy atom. The minimum atomic E-state index is -0.166. The largest absolute Gasteiger partial charge is 0.354 e. The fourth-order valence-corrected chi connectivity index (χ4v) is 2.19. The molecule has 1 N–H and O–H groups in total. The van der Waals surface area contributed by atoms with Gasteiger partial charge in [-0.15, -0.1) is 0 Å². The molecule has 1 aromatic rings. The van der Waals surface area contributed by atoms with E-state index in [1.54, 1.807) is 14.2 Å². The maximum atomic E-state index is 5.33. The summed E-state index contributed by atoms with van der Waals surface area (Å²) in [6.07, 6.45) is 3.11. The molecule has 0 fully saturated rings. The van der Waals surface area contributed by atoms with Crippen molar-refractivity contribution in [1.82, 2.24) is 5.32 Å². The number of hydrogen-bond donors (Lipinski definition) is 1. The molecule has 1 aromatic carbocycles. The Bertz CT molecular complexity index is 299. The number of methoxy groups -OCH3 is 2. The van der Waals surface area contributed by atoms with Gasteiger partial charge >= 0.3 is 0 Å². The van der Waals surface area contributed by atoms with Gasteiger partial charge in [-0.3, -0.25) is 0 Å². The molecule has 1 rings (SSSR count). The van der Waals surface area contributed by atoms with E-state index in [0.717, 1.165) is 25.8 Å². The lowest BCUT2D eigenvalue weighted by molar-refractivity contribution is -0.124. The Morgan fingerprint density at radius 2 is 1.78 bits per heavy atom. The molecule has 0 heterocycles. The third-order valence-corrected chi connectivity index (χ3v) is 3.08. The SMILES string of the molecule is CCNC(CCCc1ccccc1)C(OC)OC. The summed E-state index contributed by atoms with van der Waals surface area (Å²) in [6, 6.07) is 10.8. The first-order chi connectivity index (χ1) is 8.81. The van der Waals surface area contributed by atoms with Crippen molar-refractivity contribution in [2.45, 2.75) is 38.5 Å². The summed E-state index contributed by atoms with van der Waals surface area (Å²) in [5.74, 6) is 0. The standard InChI is InChI=1S/C15H25NO2/c1-4-16-14(15(17-2)18-3)12-8-11-13-9-6-5-7-10-13/h5-7,9-10,14-16H,4,8,11-12H2,1-3H3. The van der Waals surface area contributed by atoms with Gasteiger partial charge in [0, 0.05) is 14.2 Å². The van der Waals surface area contributed by atoms with Crippen LogP contribution in [0.4, 0.5) is 0 Å². The number of ether oxygens (including phenoxy) is 2. The number of hydrogen-bond acceptors (Lipinski definition) is 3. The van der Waals surface area contributed by atoms with Gasteiger partial charge in [0.05, 0.1) is 6.04 Å². The van der Waals surface area contributed by atoms with Crippen LogP contribution in [0.2, 0.25) is 0 Å². The van der Waals surface area contributed by atoms with E-state index in [2.05, 4.69) is 42.6 Å². The van der Waals surface area contributed by atoms with E-state index in [0.29, 0.717) is 0 Å². The highest BCUT2D eigenvalue weighted by molar-refractivity contribution is 5.14. The molecule has 1 unspecified atom stereocenters. The first-order valence-corrected chi connectivity index (χ1v) is 6.64. The molecule has 0 aromatic heterocycles. The molecule has 0 aliphatic carbocycles. The summed E-state index contributed by atoms with van der Waals surface area (Å²) >= 11 is 0. The Kier molecular flexibility index (Phi) is 7.65. The molecular formula is C15H25NO2. The first-order valence-electron chi connectivity index (χ1n) is 6.64. The Labute approximate surface area is 110 Å². The van der Waals surface area contributed by atoms with Crippen LogP contribution in [-0.4, -0.2) is 33.1 Å². The second-order valence-corrected chi connectivity index (χ2v) is 4.38. The molecule has 102 valence electrons. The zero-order chi connectivity index (χ0) is 13.2. The molecule has 0 radical (unpaired) electrons. The summed E-state index contributed by atoms with van der Waals surface area (Å²) in [5, 5.41) is 3.42. The van der Waals surface area contributed by atoms with Gasteiger partial charge < -0.3 is 14.8 Å². The van der Waals surface area contributed by atoms with Gasteiger partial charge in [0.25, 0.3) is 0 Å². The van der Waals surface area contributed by atoms with E-state index in [-0.39, 0.29) is 12.3 Å². The Balaban J connectivity index is 2.37. The topological polar surface area (TPSA) is 30.5 Å². The zero-order valence-corrected chi connectivity index (χ0v) is 11.7. The second-order valence-electron chi connectivity index (χ2n) is 4.38. The lowest BCUT2D eigenvalue weighted by atomic mass is 10.0. The number of aryl methyl sites for hydroxylation is 1. The highest BCUT2D eigenvalue weighted by Gasteiger charge is 2.19. The van der Waals surface area contributed by atoms with Crippen LogP contribution in [0.3, 0.4) is 0 Å². The predicted octanol–water partition coefficient (Wildman–Crippen LogP) is 2.61. The van der Waals surface area contributed by atoms with E-state index in [1.165, 1.54) is 5.56 Å². The fourth-order valence-electron chi connectivity index (χ4n) is 2.19. The molecule has 0 aliphatic rings. The summed E-state index contributed by atoms with van der Waals surface area (Å²) in [4.78, 5) is 0. The van der Waals surface area contributed by atoms with Gasteiger partial charge in [-0.2, -0.15) is 0 Å². The average Bonchev–Trinajstić information content (AvgIpc) is 2.41. The van der Waals surface area contributed by atoms with Crippen molar-refractivity contribution >= 4 is 0 Å². The summed E-state index contributed by atoms with van der Waals surface area (Å²) in [6.45, 7) is 3.03. The van der Waals surface area contributed by atoms with Gasteiger partial charge in [0.2, 0.25) is 0 Å². The third kappa shape index (κ3) is 5.17. The summed E-state index contributed by atoms with van der Waals surface area (Å²) in [5.41, 5.74) is 1.39. The molecule has 3 nitrogen and oxygen atoms in total. The normalized spacial score (nSPS) is 12.9. The molecule has 0 spiro atoms. The molecule has 3 heteroatoms. The summed E-state index contributed by atoms with van der Waals surface area (Å²) < 4.78 is 10.7. The van der Waals surface area contributed by atoms with Gasteiger partial charge in [-0.05, 0) is 31.4 Å². The Hall–Kier alpha value is -0.900. The predicted molar refractivity (Wildman–Crippen MR) is 74.7 cm³/mol. The molecule has 0 saturated carbocycles. The number of benzene rings is 1. The van der Waals surface area contributed by atoms with Crippen molar-refractivity contribution in [1.29, 1.82) is 0 Å². The molecule has 1 atom stereocenters. The fraction of sp³-hybridized carbons (Fsp3) is 0.600. The van der Waals surface area contributed by atoms with Crippen LogP contribution in [0.5, 0.6) is 0 Å². The molecule has 0 amide bonds. The van der Waals surface area contributed by atoms with Crippen LogP contribution in [0.15, 0.2) is 30.3 Å². The van der Waals surface area contributed by atoms with Crippen LogP contribution >= 0.6 is 0 Å². The number of rotatable bonds is 9. The van der Waals surface area contributed by atoms with Crippen molar-refractivity contribution in [3.8, 4) is 0 Å². The molecule has 0 aliphatic heterocycles. The van der Waals surface area contributed by atoms with Crippen molar-refractivity contribution in [3.05, 3.63) is 35.9 Å². The van der Waals surface area contributed by atoms with E-state index in [9.17, 15) is 0 Å². The summed E-state index contributed by atoms with van der Waals surface area (Å²) in [7, 11) is 3.38. The highest BCUT2D eigenvalue weighted by atomic mass is 16.7. The van der Waals surface area contributed by atoms with Crippen LogP contribution in [0, 0.1) is 0 Å². The van der Waals surface area contributed by atoms with E-state index in [4.69, 9.17) is 9.47 Å². The zero-order valence-electron chi connectivity index (χ0n) is 11.7. The number of likely N-dealkylation sites (N-methyl/N-ethyl adjacent to an activating group) is 1. The highest BCUT2D eigenvalue weighted by Crippen LogP contribution is 2.10. The van der Waals surface area contributed by atoms with Crippen LogP contribution < -0.4 is 5.32 Å². The smallest absolute Gasteiger partial charge is 0.171 e. The minimum Gasteiger partial charge on any atom is -0.354 e. The van der Waals surface area contributed by atoms with Crippen molar-refractivity contribution < 1.29 is 9.47 Å². The average molecular weight is 251 g/mol. The third-order valence-electron chi connectivity index (χ3n) is 3.08. The molecule has 18 heavy (non-hydrogen) atoms. The molecular weight excluding hydrogens is 226 g/mol. The van der Waals surface area contributed by atoms with Crippen LogP contribution in [0.1, 0.15) is 25.3 Å². The van der Waals surface area contributed by atoms with Crippen molar-refractivity contribution in [2.75, 3.05) is 20.8 Å². The second kappa shape index (κ2) is 9.09. The number of nitrogens with one attached hydrogen (secondary N) is 1. The first kappa shape index (κ1) is 15.2. The van der Waals surface area contributed by atoms with E-state index < -0.39 is 0 Å². The van der Waals surface area contributed by atoms with E-state index in [1.807, 2.05) is 0 Å². The van der Waals surface area contributed by atoms with Crippen molar-refractivity contribution in [3.63, 3.8) is 0 Å². The van der Waals surface area contributed by atoms with Gasteiger partial charge in [-0.25, -0.2) is 0 Å². The van der Waals surface area contributed by atoms with Gasteiger partial charge in [-0.1, -0.05) is 37.3 Å². The van der Waals surface area contributed by atoms with Crippen LogP contribution in [-0.2, 0) is 15.9 Å². The lowest BCUT2D eigenvalue weighted by Gasteiger charge is -2.25. The minimum absolute atomic E-state index is 0.166. The maximum Gasteiger partial charge on any atom is 0.171 e. The Morgan fingerprint density at radius 1 is 1.11 bits per heavy atom. The van der Waals surface area contributed by atoms with Crippen molar-refractivity contribution in [2.24, 2.45) is 0 Å². The van der Waals surface area contributed by atoms with Gasteiger partial charge in [0.15, 0.2) is 6.29 Å². The van der Waals surface area contributed by atoms with Crippen LogP contribution in [0.25, 0.3) is 0 Å². The molecule has 0 bridgehead atoms.